The van der Waals surface area contributed by atoms with Crippen LogP contribution in [-0.4, -0.2) is 28.1 Å². The van der Waals surface area contributed by atoms with Gasteiger partial charge in [-0.25, -0.2) is 0 Å². The number of aromatic nitrogens is 2. The molecular formula is C9H12N4O2. The van der Waals surface area contributed by atoms with Gasteiger partial charge >= 0.3 is 0 Å². The summed E-state index contributed by atoms with van der Waals surface area (Å²) < 4.78 is 1.60. The third kappa shape index (κ3) is 1.70. The highest BCUT2D eigenvalue weighted by molar-refractivity contribution is 6.02. The molecule has 0 saturated carbocycles. The van der Waals surface area contributed by atoms with Crippen LogP contribution in [0.15, 0.2) is 6.20 Å². The van der Waals surface area contributed by atoms with Gasteiger partial charge in [-0.1, -0.05) is 6.92 Å². The minimum atomic E-state index is -0.190. The molecule has 0 fully saturated rings. The number of hydrogen-bond donors (Lipinski definition) is 2. The first-order valence-electron chi connectivity index (χ1n) is 4.86. The first-order chi connectivity index (χ1) is 7.22. The molecule has 2 heterocycles. The van der Waals surface area contributed by atoms with Crippen LogP contribution in [0.4, 0.5) is 5.69 Å². The van der Waals surface area contributed by atoms with Crippen LogP contribution in [0.2, 0.25) is 0 Å². The molecule has 15 heavy (non-hydrogen) atoms. The van der Waals surface area contributed by atoms with Gasteiger partial charge in [-0.3, -0.25) is 14.3 Å². The number of nitrogens with zero attached hydrogens (tertiary/aromatic N) is 2. The molecule has 0 aliphatic carbocycles. The van der Waals surface area contributed by atoms with Gasteiger partial charge in [-0.05, 0) is 0 Å². The lowest BCUT2D eigenvalue weighted by molar-refractivity contribution is -0.115. The Bertz CT molecular complexity index is 410. The lowest BCUT2D eigenvalue weighted by Crippen LogP contribution is -2.36. The molecule has 6 nitrogen and oxygen atoms in total. The Labute approximate surface area is 86.6 Å². The maximum atomic E-state index is 11.5. The molecule has 1 aromatic heterocycles. The van der Waals surface area contributed by atoms with Gasteiger partial charge in [0.2, 0.25) is 5.91 Å². The second-order valence-electron chi connectivity index (χ2n) is 3.29. The molecule has 0 atom stereocenters. The molecule has 1 aliphatic rings. The van der Waals surface area contributed by atoms with Crippen LogP contribution in [0.5, 0.6) is 0 Å². The Kier molecular flexibility index (Phi) is 2.40. The molecule has 0 aromatic carbocycles. The largest absolute Gasteiger partial charge is 0.349 e. The van der Waals surface area contributed by atoms with E-state index in [9.17, 15) is 9.59 Å². The Morgan fingerprint density at radius 2 is 2.53 bits per heavy atom. The van der Waals surface area contributed by atoms with Crippen LogP contribution >= 0.6 is 0 Å². The topological polar surface area (TPSA) is 76.0 Å². The molecule has 1 aliphatic heterocycles. The van der Waals surface area contributed by atoms with E-state index >= 15 is 0 Å². The van der Waals surface area contributed by atoms with Crippen molar-refractivity contribution in [1.29, 1.82) is 0 Å². The summed E-state index contributed by atoms with van der Waals surface area (Å²) in [6.07, 6.45) is 1.89. The normalized spacial score (nSPS) is 14.3. The second kappa shape index (κ2) is 3.72. The van der Waals surface area contributed by atoms with Crippen molar-refractivity contribution in [3.05, 3.63) is 11.9 Å². The number of fused-ring (bicyclic) bond motifs is 1. The van der Waals surface area contributed by atoms with Crippen LogP contribution in [0, 0.1) is 0 Å². The minimum Gasteiger partial charge on any atom is -0.349 e. The van der Waals surface area contributed by atoms with E-state index in [2.05, 4.69) is 15.7 Å². The Morgan fingerprint density at radius 1 is 1.73 bits per heavy atom. The van der Waals surface area contributed by atoms with Crippen LogP contribution in [-0.2, 0) is 11.3 Å². The molecule has 0 unspecified atom stereocenters. The Balaban J connectivity index is 2.29. The van der Waals surface area contributed by atoms with Crippen LogP contribution in [0.1, 0.15) is 23.8 Å². The van der Waals surface area contributed by atoms with E-state index in [0.29, 0.717) is 30.9 Å². The molecule has 2 rings (SSSR count). The van der Waals surface area contributed by atoms with E-state index in [1.807, 2.05) is 0 Å². The van der Waals surface area contributed by atoms with Crippen molar-refractivity contribution < 1.29 is 9.59 Å². The number of anilines is 1. The summed E-state index contributed by atoms with van der Waals surface area (Å²) >= 11 is 0. The van der Waals surface area contributed by atoms with Gasteiger partial charge in [0.05, 0.1) is 18.4 Å². The molecule has 1 aromatic rings. The van der Waals surface area contributed by atoms with E-state index in [1.165, 1.54) is 6.20 Å². The molecule has 0 radical (unpaired) electrons. The lowest BCUT2D eigenvalue weighted by atomic mass is 10.3. The maximum absolute atomic E-state index is 11.5. The molecule has 0 bridgehead atoms. The molecule has 2 N–H and O–H groups in total. The minimum absolute atomic E-state index is 0.121. The molecule has 2 amide bonds. The van der Waals surface area contributed by atoms with Crippen molar-refractivity contribution in [3.63, 3.8) is 0 Å². The number of carbonyl (C=O) groups is 2. The van der Waals surface area contributed by atoms with E-state index in [0.717, 1.165) is 0 Å². The second-order valence-corrected chi connectivity index (χ2v) is 3.29. The smallest absolute Gasteiger partial charge is 0.271 e. The first kappa shape index (κ1) is 9.70. The van der Waals surface area contributed by atoms with Gasteiger partial charge in [0, 0.05) is 13.0 Å². The Hall–Kier alpha value is -1.85. The van der Waals surface area contributed by atoms with Crippen molar-refractivity contribution in [2.45, 2.75) is 19.9 Å². The van der Waals surface area contributed by atoms with Gasteiger partial charge in [0.15, 0.2) is 0 Å². The average Bonchev–Trinajstić information content (AvgIpc) is 2.63. The fourth-order valence-corrected chi connectivity index (χ4v) is 1.48. The number of carbonyl (C=O) groups excluding carboxylic acids is 2. The van der Waals surface area contributed by atoms with Crippen molar-refractivity contribution in [3.8, 4) is 0 Å². The number of rotatable bonds is 2. The predicted octanol–water partition coefficient (Wildman–Crippen LogP) is -0.0250. The fourth-order valence-electron chi connectivity index (χ4n) is 1.48. The van der Waals surface area contributed by atoms with Gasteiger partial charge < -0.3 is 10.6 Å². The molecular weight excluding hydrogens is 196 g/mol. The summed E-state index contributed by atoms with van der Waals surface area (Å²) in [5, 5.41) is 9.39. The summed E-state index contributed by atoms with van der Waals surface area (Å²) in [6.45, 7) is 2.98. The van der Waals surface area contributed by atoms with Crippen molar-refractivity contribution in [1.82, 2.24) is 15.1 Å². The average molecular weight is 208 g/mol. The maximum Gasteiger partial charge on any atom is 0.271 e. The van der Waals surface area contributed by atoms with Crippen LogP contribution < -0.4 is 10.6 Å². The van der Waals surface area contributed by atoms with Crippen LogP contribution in [0.3, 0.4) is 0 Å². The highest BCUT2D eigenvalue weighted by atomic mass is 16.2. The van der Waals surface area contributed by atoms with Crippen LogP contribution in [0.25, 0.3) is 0 Å². The number of amides is 2. The summed E-state index contributed by atoms with van der Waals surface area (Å²) in [6, 6.07) is 0. The van der Waals surface area contributed by atoms with E-state index < -0.39 is 0 Å². The zero-order valence-electron chi connectivity index (χ0n) is 8.41. The van der Waals surface area contributed by atoms with Gasteiger partial charge in [-0.15, -0.1) is 0 Å². The standard InChI is InChI=1S/C9H12N4O2/c1-2-7(14)12-6-5-11-13-4-3-10-9(15)8(6)13/h5H,2-4H2,1H3,(H,10,15)(H,12,14). The van der Waals surface area contributed by atoms with Gasteiger partial charge in [0.25, 0.3) is 5.91 Å². The monoisotopic (exact) mass is 208 g/mol. The molecule has 6 heteroatoms. The highest BCUT2D eigenvalue weighted by Gasteiger charge is 2.22. The quantitative estimate of drug-likeness (QED) is 0.716. The summed E-state index contributed by atoms with van der Waals surface area (Å²) in [5.41, 5.74) is 0.919. The van der Waals surface area contributed by atoms with E-state index in [1.54, 1.807) is 11.6 Å². The highest BCUT2D eigenvalue weighted by Crippen LogP contribution is 2.17. The van der Waals surface area contributed by atoms with Crippen molar-refractivity contribution in [2.75, 3.05) is 11.9 Å². The molecule has 0 spiro atoms. The van der Waals surface area contributed by atoms with Crippen molar-refractivity contribution in [2.24, 2.45) is 0 Å². The third-order valence-corrected chi connectivity index (χ3v) is 2.26. The predicted molar refractivity (Wildman–Crippen MR) is 53.5 cm³/mol. The molecule has 80 valence electrons. The number of hydrogen-bond acceptors (Lipinski definition) is 3. The zero-order valence-corrected chi connectivity index (χ0v) is 8.41. The third-order valence-electron chi connectivity index (χ3n) is 2.26. The summed E-state index contributed by atoms with van der Waals surface area (Å²) in [5.74, 6) is -0.311. The molecule has 0 saturated heterocycles. The zero-order chi connectivity index (χ0) is 10.8. The lowest BCUT2D eigenvalue weighted by Gasteiger charge is -2.15. The van der Waals surface area contributed by atoms with E-state index in [4.69, 9.17) is 0 Å². The summed E-state index contributed by atoms with van der Waals surface area (Å²) in [4.78, 5) is 22.7. The summed E-state index contributed by atoms with van der Waals surface area (Å²) in [7, 11) is 0. The van der Waals surface area contributed by atoms with Crippen molar-refractivity contribution >= 4 is 17.5 Å². The number of nitrogens with one attached hydrogen (secondary N) is 2. The van der Waals surface area contributed by atoms with Gasteiger partial charge in [-0.2, -0.15) is 5.10 Å². The Morgan fingerprint density at radius 3 is 3.27 bits per heavy atom. The van der Waals surface area contributed by atoms with Gasteiger partial charge in [0.1, 0.15) is 5.69 Å². The first-order valence-corrected chi connectivity index (χ1v) is 4.86. The SMILES string of the molecule is CCC(=O)Nc1cnn2c1C(=O)NCC2. The fraction of sp³-hybridized carbons (Fsp3) is 0.444. The van der Waals surface area contributed by atoms with E-state index in [-0.39, 0.29) is 11.8 Å².